The van der Waals surface area contributed by atoms with E-state index in [0.717, 1.165) is 24.4 Å². The fraction of sp³-hybridized carbons (Fsp3) is 0.667. The van der Waals surface area contributed by atoms with Gasteiger partial charge >= 0.3 is 6.03 Å². The molecule has 22 heavy (non-hydrogen) atoms. The monoisotopic (exact) mass is 326 g/mol. The molecule has 0 radical (unpaired) electrons. The van der Waals surface area contributed by atoms with E-state index in [-0.39, 0.29) is 29.5 Å². The third kappa shape index (κ3) is 3.82. The second-order valence-corrected chi connectivity index (χ2v) is 8.56. The Morgan fingerprint density at radius 2 is 2.14 bits per heavy atom. The minimum Gasteiger partial charge on any atom is -0.464 e. The smallest absolute Gasteiger partial charge is 0.318 e. The summed E-state index contributed by atoms with van der Waals surface area (Å²) in [6.07, 6.45) is 2.68. The summed E-state index contributed by atoms with van der Waals surface area (Å²) in [6, 6.07) is 3.93. The van der Waals surface area contributed by atoms with Crippen molar-refractivity contribution in [2.75, 3.05) is 18.1 Å². The van der Waals surface area contributed by atoms with Crippen LogP contribution >= 0.6 is 0 Å². The molecule has 1 atom stereocenters. The first-order valence-corrected chi connectivity index (χ1v) is 9.55. The standard InChI is InChI=1S/C15H22N2O4S/c1-11-2-5-14(21-11)9-17(13-3-4-13)15(18)16-8-12-6-7-22(19,20)10-12/h2,5,12-13H,3-4,6-10H2,1H3,(H,16,18)/t12-/m0/s1. The molecule has 0 bridgehead atoms. The van der Waals surface area contributed by atoms with Crippen molar-refractivity contribution in [1.82, 2.24) is 10.2 Å². The maximum Gasteiger partial charge on any atom is 0.318 e. The molecule has 1 aliphatic carbocycles. The molecule has 2 aliphatic rings. The van der Waals surface area contributed by atoms with E-state index in [1.165, 1.54) is 0 Å². The summed E-state index contributed by atoms with van der Waals surface area (Å²) in [6.45, 7) is 2.78. The normalized spacial score (nSPS) is 23.4. The van der Waals surface area contributed by atoms with E-state index in [9.17, 15) is 13.2 Å². The molecule has 1 saturated carbocycles. The summed E-state index contributed by atoms with van der Waals surface area (Å²) in [7, 11) is -2.89. The first-order chi connectivity index (χ1) is 10.4. The predicted octanol–water partition coefficient (Wildman–Crippen LogP) is 1.70. The molecule has 2 amide bonds. The molecule has 3 rings (SSSR count). The number of hydrogen-bond acceptors (Lipinski definition) is 4. The lowest BCUT2D eigenvalue weighted by Gasteiger charge is -2.22. The van der Waals surface area contributed by atoms with Crippen molar-refractivity contribution in [3.63, 3.8) is 0 Å². The molecule has 0 spiro atoms. The highest BCUT2D eigenvalue weighted by Gasteiger charge is 2.34. The molecule has 6 nitrogen and oxygen atoms in total. The number of amides is 2. The maximum atomic E-state index is 12.4. The second-order valence-electron chi connectivity index (χ2n) is 6.33. The van der Waals surface area contributed by atoms with Gasteiger partial charge in [-0.05, 0) is 44.2 Å². The number of hydrogen-bond donors (Lipinski definition) is 1. The van der Waals surface area contributed by atoms with Crippen LogP contribution in [0.4, 0.5) is 4.79 Å². The van der Waals surface area contributed by atoms with Crippen LogP contribution in [0.5, 0.6) is 0 Å². The number of sulfone groups is 1. The molecule has 0 aromatic carbocycles. The number of rotatable bonds is 5. The average Bonchev–Trinajstić information content (AvgIpc) is 3.12. The average molecular weight is 326 g/mol. The topological polar surface area (TPSA) is 79.6 Å². The van der Waals surface area contributed by atoms with Gasteiger partial charge in [0, 0.05) is 12.6 Å². The van der Waals surface area contributed by atoms with E-state index in [4.69, 9.17) is 4.42 Å². The first kappa shape index (κ1) is 15.4. The van der Waals surface area contributed by atoms with Crippen LogP contribution in [0.2, 0.25) is 0 Å². The van der Waals surface area contributed by atoms with Crippen LogP contribution in [0.15, 0.2) is 16.5 Å². The van der Waals surface area contributed by atoms with Crippen LogP contribution in [0, 0.1) is 12.8 Å². The lowest BCUT2D eigenvalue weighted by Crippen LogP contribution is -2.42. The molecular formula is C15H22N2O4S. The first-order valence-electron chi connectivity index (χ1n) is 7.73. The Balaban J connectivity index is 1.54. The van der Waals surface area contributed by atoms with Gasteiger partial charge in [-0.2, -0.15) is 0 Å². The fourth-order valence-electron chi connectivity index (χ4n) is 2.86. The molecular weight excluding hydrogens is 304 g/mol. The third-order valence-electron chi connectivity index (χ3n) is 4.24. The van der Waals surface area contributed by atoms with Gasteiger partial charge in [0.25, 0.3) is 0 Å². The van der Waals surface area contributed by atoms with Gasteiger partial charge in [-0.25, -0.2) is 13.2 Å². The van der Waals surface area contributed by atoms with Gasteiger partial charge in [-0.15, -0.1) is 0 Å². The van der Waals surface area contributed by atoms with E-state index in [0.29, 0.717) is 19.5 Å². The summed E-state index contributed by atoms with van der Waals surface area (Å²) >= 11 is 0. The number of furan rings is 1. The number of carbonyl (C=O) groups excluding carboxylic acids is 1. The zero-order valence-electron chi connectivity index (χ0n) is 12.7. The van der Waals surface area contributed by atoms with Crippen molar-refractivity contribution >= 4 is 15.9 Å². The zero-order chi connectivity index (χ0) is 15.7. The minimum atomic E-state index is -2.89. The summed E-state index contributed by atoms with van der Waals surface area (Å²) < 4.78 is 28.4. The van der Waals surface area contributed by atoms with Crippen LogP contribution < -0.4 is 5.32 Å². The molecule has 2 fully saturated rings. The Bertz CT molecular complexity index is 648. The van der Waals surface area contributed by atoms with Crippen LogP contribution in [0.25, 0.3) is 0 Å². The predicted molar refractivity (Wildman–Crippen MR) is 82.2 cm³/mol. The highest BCUT2D eigenvalue weighted by atomic mass is 32.2. The van der Waals surface area contributed by atoms with E-state index in [2.05, 4.69) is 5.32 Å². The van der Waals surface area contributed by atoms with Gasteiger partial charge in [-0.1, -0.05) is 0 Å². The third-order valence-corrected chi connectivity index (χ3v) is 6.08. The molecule has 2 heterocycles. The van der Waals surface area contributed by atoms with Crippen LogP contribution in [0.3, 0.4) is 0 Å². The van der Waals surface area contributed by atoms with E-state index < -0.39 is 9.84 Å². The summed E-state index contributed by atoms with van der Waals surface area (Å²) in [5, 5.41) is 2.89. The number of urea groups is 1. The van der Waals surface area contributed by atoms with Crippen molar-refractivity contribution in [1.29, 1.82) is 0 Å². The van der Waals surface area contributed by atoms with Crippen LogP contribution in [-0.2, 0) is 16.4 Å². The van der Waals surface area contributed by atoms with Gasteiger partial charge in [0.2, 0.25) is 0 Å². The minimum absolute atomic E-state index is 0.0425. The van der Waals surface area contributed by atoms with Crippen LogP contribution in [0.1, 0.15) is 30.8 Å². The van der Waals surface area contributed by atoms with Gasteiger partial charge in [0.15, 0.2) is 9.84 Å². The molecule has 1 saturated heterocycles. The summed E-state index contributed by atoms with van der Waals surface area (Å²) in [5.41, 5.74) is 0. The number of nitrogens with zero attached hydrogens (tertiary/aromatic N) is 1. The van der Waals surface area contributed by atoms with Crippen molar-refractivity contribution in [3.05, 3.63) is 23.7 Å². The Labute approximate surface area is 130 Å². The zero-order valence-corrected chi connectivity index (χ0v) is 13.6. The number of aryl methyl sites for hydroxylation is 1. The molecule has 1 N–H and O–H groups in total. The highest BCUT2D eigenvalue weighted by Crippen LogP contribution is 2.29. The number of nitrogens with one attached hydrogen (secondary N) is 1. The second kappa shape index (κ2) is 5.95. The van der Waals surface area contributed by atoms with Gasteiger partial charge in [0.05, 0.1) is 18.1 Å². The highest BCUT2D eigenvalue weighted by molar-refractivity contribution is 7.91. The SMILES string of the molecule is Cc1ccc(CN(C(=O)NC[C@@H]2CCS(=O)(=O)C2)C2CC2)o1. The summed E-state index contributed by atoms with van der Waals surface area (Å²) in [4.78, 5) is 14.2. The van der Waals surface area contributed by atoms with Crippen molar-refractivity contribution in [2.45, 2.75) is 38.8 Å². The van der Waals surface area contributed by atoms with Gasteiger partial charge in [0.1, 0.15) is 11.5 Å². The van der Waals surface area contributed by atoms with Crippen molar-refractivity contribution in [3.8, 4) is 0 Å². The van der Waals surface area contributed by atoms with E-state index in [1.54, 1.807) is 4.90 Å². The van der Waals surface area contributed by atoms with Crippen molar-refractivity contribution < 1.29 is 17.6 Å². The molecule has 1 aliphatic heterocycles. The molecule has 1 aromatic rings. The van der Waals surface area contributed by atoms with Crippen molar-refractivity contribution in [2.24, 2.45) is 5.92 Å². The molecule has 0 unspecified atom stereocenters. The van der Waals surface area contributed by atoms with E-state index >= 15 is 0 Å². The quantitative estimate of drug-likeness (QED) is 0.893. The Hall–Kier alpha value is -1.50. The van der Waals surface area contributed by atoms with E-state index in [1.807, 2.05) is 19.1 Å². The van der Waals surface area contributed by atoms with Gasteiger partial charge in [-0.3, -0.25) is 0 Å². The Morgan fingerprint density at radius 1 is 1.36 bits per heavy atom. The molecule has 122 valence electrons. The number of carbonyl (C=O) groups is 1. The lowest BCUT2D eigenvalue weighted by molar-refractivity contribution is 0.185. The molecule has 7 heteroatoms. The Kier molecular flexibility index (Phi) is 4.16. The van der Waals surface area contributed by atoms with Gasteiger partial charge < -0.3 is 14.6 Å². The largest absolute Gasteiger partial charge is 0.464 e. The fourth-order valence-corrected chi connectivity index (χ4v) is 4.72. The lowest BCUT2D eigenvalue weighted by atomic mass is 10.1. The maximum absolute atomic E-state index is 12.4. The molecule has 1 aromatic heterocycles. The van der Waals surface area contributed by atoms with Crippen LogP contribution in [-0.4, -0.2) is 43.4 Å². The Morgan fingerprint density at radius 3 is 2.68 bits per heavy atom. The summed E-state index contributed by atoms with van der Waals surface area (Å²) in [5.74, 6) is 2.09.